The second-order valence-corrected chi connectivity index (χ2v) is 8.01. The maximum absolute atomic E-state index is 14.1. The molecule has 1 aliphatic heterocycles. The van der Waals surface area contributed by atoms with Gasteiger partial charge in [-0.15, -0.1) is 0 Å². The van der Waals surface area contributed by atoms with Crippen molar-refractivity contribution in [3.63, 3.8) is 0 Å². The van der Waals surface area contributed by atoms with Gasteiger partial charge < -0.3 is 9.47 Å². The van der Waals surface area contributed by atoms with Gasteiger partial charge in [0.1, 0.15) is 0 Å². The third-order valence-corrected chi connectivity index (χ3v) is 5.66. The molecule has 2 fully saturated rings. The number of rotatable bonds is 8. The van der Waals surface area contributed by atoms with Crippen LogP contribution in [-0.4, -0.2) is 29.3 Å². The van der Waals surface area contributed by atoms with Gasteiger partial charge in [0.2, 0.25) is 5.72 Å². The fraction of sp³-hybridized carbons (Fsp3) is 0.700. The van der Waals surface area contributed by atoms with Crippen molar-refractivity contribution in [1.82, 2.24) is 10.3 Å². The van der Waals surface area contributed by atoms with E-state index in [4.69, 9.17) is 9.47 Å². The fourth-order valence-corrected chi connectivity index (χ4v) is 3.98. The second-order valence-electron chi connectivity index (χ2n) is 8.01. The standard InChI is InChI=1S/C20H26F4N2O3/c1-3-4-5-6-12(2)18(27)29-19-9-13(10-26-19)7-16(19)28-17-15(21)8-14(11-25-17)20(22,23)24/h8,11-13,16,26H,3-7,9-10H2,1-2H3/t12?,13-,16-,19+/m1/s1. The van der Waals surface area contributed by atoms with E-state index in [0.29, 0.717) is 38.1 Å². The summed E-state index contributed by atoms with van der Waals surface area (Å²) in [5.74, 6) is -2.17. The highest BCUT2D eigenvalue weighted by Gasteiger charge is 2.57. The largest absolute Gasteiger partial charge is 0.466 e. The molecule has 4 atom stereocenters. The van der Waals surface area contributed by atoms with Crippen LogP contribution in [0.15, 0.2) is 12.3 Å². The molecular formula is C20H26F4N2O3. The summed E-state index contributed by atoms with van der Waals surface area (Å²) in [5, 5.41) is 3.15. The van der Waals surface area contributed by atoms with Crippen molar-refractivity contribution in [3.05, 3.63) is 23.6 Å². The number of nitrogens with zero attached hydrogens (tertiary/aromatic N) is 1. The van der Waals surface area contributed by atoms with Gasteiger partial charge in [-0.1, -0.05) is 33.1 Å². The van der Waals surface area contributed by atoms with Crippen LogP contribution in [0.1, 0.15) is 57.9 Å². The first-order valence-electron chi connectivity index (χ1n) is 10.0. The van der Waals surface area contributed by atoms with E-state index in [-0.39, 0.29) is 17.8 Å². The molecule has 9 heteroatoms. The zero-order valence-electron chi connectivity index (χ0n) is 16.5. The number of ether oxygens (including phenoxy) is 2. The van der Waals surface area contributed by atoms with Crippen molar-refractivity contribution < 1.29 is 31.8 Å². The number of hydrogen-bond donors (Lipinski definition) is 1. The van der Waals surface area contributed by atoms with Crippen molar-refractivity contribution in [2.45, 2.75) is 70.4 Å². The molecule has 0 aromatic carbocycles. The number of unbranched alkanes of at least 4 members (excludes halogenated alkanes) is 2. The zero-order chi connectivity index (χ0) is 21.2. The van der Waals surface area contributed by atoms with E-state index in [0.717, 1.165) is 19.3 Å². The minimum atomic E-state index is -4.69. The van der Waals surface area contributed by atoms with Crippen molar-refractivity contribution in [1.29, 1.82) is 0 Å². The van der Waals surface area contributed by atoms with Crippen LogP contribution in [0.2, 0.25) is 0 Å². The van der Waals surface area contributed by atoms with Gasteiger partial charge in [0, 0.05) is 19.2 Å². The van der Waals surface area contributed by atoms with E-state index in [1.807, 2.05) is 6.92 Å². The first-order valence-corrected chi connectivity index (χ1v) is 10.0. The average molecular weight is 418 g/mol. The van der Waals surface area contributed by atoms with Gasteiger partial charge in [-0.25, -0.2) is 9.37 Å². The molecule has 0 amide bonds. The second kappa shape index (κ2) is 8.45. The van der Waals surface area contributed by atoms with Gasteiger partial charge in [-0.2, -0.15) is 13.2 Å². The Kier molecular flexibility index (Phi) is 6.36. The number of hydrogen-bond acceptors (Lipinski definition) is 5. The quantitative estimate of drug-likeness (QED) is 0.384. The van der Waals surface area contributed by atoms with Crippen LogP contribution in [0, 0.1) is 17.7 Å². The fourth-order valence-electron chi connectivity index (χ4n) is 3.98. The van der Waals surface area contributed by atoms with E-state index in [1.54, 1.807) is 0 Å². The highest BCUT2D eigenvalue weighted by molar-refractivity contribution is 5.72. The molecule has 0 spiro atoms. The Bertz CT molecular complexity index is 743. The molecule has 1 saturated heterocycles. The smallest absolute Gasteiger partial charge is 0.417 e. The molecule has 1 saturated carbocycles. The number of fused-ring (bicyclic) bond motifs is 2. The summed E-state index contributed by atoms with van der Waals surface area (Å²) in [6, 6.07) is 0.359. The van der Waals surface area contributed by atoms with E-state index in [1.165, 1.54) is 0 Å². The maximum atomic E-state index is 14.1. The van der Waals surface area contributed by atoms with Gasteiger partial charge in [0.15, 0.2) is 11.9 Å². The highest BCUT2D eigenvalue weighted by atomic mass is 19.4. The van der Waals surface area contributed by atoms with Gasteiger partial charge >= 0.3 is 12.1 Å². The van der Waals surface area contributed by atoms with Crippen LogP contribution in [-0.2, 0) is 15.7 Å². The first kappa shape index (κ1) is 21.8. The van der Waals surface area contributed by atoms with E-state index >= 15 is 0 Å². The Hall–Kier alpha value is -1.90. The number of nitrogens with one attached hydrogen (secondary N) is 1. The molecule has 1 N–H and O–H groups in total. The van der Waals surface area contributed by atoms with Crippen LogP contribution in [0.4, 0.5) is 17.6 Å². The van der Waals surface area contributed by atoms with Crippen LogP contribution < -0.4 is 10.1 Å². The lowest BCUT2D eigenvalue weighted by Gasteiger charge is -2.35. The summed E-state index contributed by atoms with van der Waals surface area (Å²) in [6.45, 7) is 4.53. The average Bonchev–Trinajstić information content (AvgIpc) is 3.20. The predicted octanol–water partition coefficient (Wildman–Crippen LogP) is 4.46. The molecule has 1 unspecified atom stereocenters. The number of pyridine rings is 1. The Balaban J connectivity index is 1.69. The molecule has 1 aromatic heterocycles. The number of esters is 1. The van der Waals surface area contributed by atoms with Gasteiger partial charge in [0.05, 0.1) is 11.5 Å². The molecule has 3 rings (SSSR count). The summed E-state index contributed by atoms with van der Waals surface area (Å²) in [4.78, 5) is 16.1. The summed E-state index contributed by atoms with van der Waals surface area (Å²) in [5.41, 5.74) is -2.28. The van der Waals surface area contributed by atoms with Gasteiger partial charge in [-0.05, 0) is 24.8 Å². The third-order valence-electron chi connectivity index (χ3n) is 5.66. The molecule has 2 heterocycles. The predicted molar refractivity (Wildman–Crippen MR) is 96.5 cm³/mol. The number of aromatic nitrogens is 1. The van der Waals surface area contributed by atoms with Gasteiger partial charge in [0.25, 0.3) is 5.88 Å². The maximum Gasteiger partial charge on any atom is 0.417 e. The number of carbonyl (C=O) groups is 1. The lowest BCUT2D eigenvalue weighted by atomic mass is 10.0. The molecule has 1 aromatic rings. The molecule has 162 valence electrons. The van der Waals surface area contributed by atoms with E-state index in [9.17, 15) is 22.4 Å². The van der Waals surface area contributed by atoms with Crippen molar-refractivity contribution in [2.24, 2.45) is 11.8 Å². The normalized spacial score (nSPS) is 27.1. The molecule has 1 aliphatic carbocycles. The lowest BCUT2D eigenvalue weighted by molar-refractivity contribution is -0.177. The molecular weight excluding hydrogens is 392 g/mol. The SMILES string of the molecule is CCCCCC(C)C(=O)O[C@]12C[C@H](CN1)C[C@H]2Oc1ncc(C(F)(F)F)cc1F. The Labute approximate surface area is 167 Å². The topological polar surface area (TPSA) is 60.5 Å². The van der Waals surface area contributed by atoms with E-state index in [2.05, 4.69) is 17.2 Å². The van der Waals surface area contributed by atoms with Crippen molar-refractivity contribution in [2.75, 3.05) is 6.54 Å². The van der Waals surface area contributed by atoms with Crippen LogP contribution in [0.25, 0.3) is 0 Å². The minimum absolute atomic E-state index is 0.181. The Morgan fingerprint density at radius 3 is 2.79 bits per heavy atom. The van der Waals surface area contributed by atoms with Crippen molar-refractivity contribution >= 4 is 5.97 Å². The number of alkyl halides is 3. The summed E-state index contributed by atoms with van der Waals surface area (Å²) in [7, 11) is 0. The van der Waals surface area contributed by atoms with Crippen LogP contribution in [0.3, 0.4) is 0 Å². The van der Waals surface area contributed by atoms with Crippen LogP contribution >= 0.6 is 0 Å². The molecule has 2 bridgehead atoms. The molecule has 2 aliphatic rings. The summed E-state index contributed by atoms with van der Waals surface area (Å²) >= 11 is 0. The summed E-state index contributed by atoms with van der Waals surface area (Å²) < 4.78 is 63.6. The molecule has 0 radical (unpaired) electrons. The Morgan fingerprint density at radius 1 is 1.41 bits per heavy atom. The molecule has 29 heavy (non-hydrogen) atoms. The van der Waals surface area contributed by atoms with Gasteiger partial charge in [-0.3, -0.25) is 10.1 Å². The number of halogens is 4. The minimum Gasteiger partial charge on any atom is -0.466 e. The number of piperidine rings is 1. The monoisotopic (exact) mass is 418 g/mol. The first-order chi connectivity index (χ1) is 13.6. The van der Waals surface area contributed by atoms with E-state index < -0.39 is 35.3 Å². The Morgan fingerprint density at radius 2 is 2.17 bits per heavy atom. The third kappa shape index (κ3) is 4.82. The zero-order valence-corrected chi connectivity index (χ0v) is 16.5. The number of carbonyl (C=O) groups excluding carboxylic acids is 1. The lowest BCUT2D eigenvalue weighted by Crippen LogP contribution is -2.56. The highest BCUT2D eigenvalue weighted by Crippen LogP contribution is 2.43. The molecule has 5 nitrogen and oxygen atoms in total. The van der Waals surface area contributed by atoms with Crippen molar-refractivity contribution in [3.8, 4) is 5.88 Å². The summed E-state index contributed by atoms with van der Waals surface area (Å²) in [6.07, 6.45) is -0.113. The van der Waals surface area contributed by atoms with Crippen LogP contribution in [0.5, 0.6) is 5.88 Å².